The lowest BCUT2D eigenvalue weighted by atomic mass is 10.3. The van der Waals surface area contributed by atoms with Crippen LogP contribution in [0.4, 0.5) is 4.79 Å². The molecule has 3 N–H and O–H groups in total. The van der Waals surface area contributed by atoms with E-state index in [4.69, 9.17) is 16.7 Å². The lowest BCUT2D eigenvalue weighted by Gasteiger charge is -2.11. The number of aliphatic carboxylic acids is 1. The van der Waals surface area contributed by atoms with Crippen molar-refractivity contribution >= 4 is 34.9 Å². The lowest BCUT2D eigenvalue weighted by Crippen LogP contribution is -2.42. The molecule has 1 unspecified atom stereocenters. The number of carbonyl (C=O) groups excluding carboxylic acids is 1. The molecule has 18 heavy (non-hydrogen) atoms. The van der Waals surface area contributed by atoms with Gasteiger partial charge in [-0.3, -0.25) is 0 Å². The highest BCUT2D eigenvalue weighted by Gasteiger charge is 2.16. The monoisotopic (exact) mass is 292 g/mol. The van der Waals surface area contributed by atoms with Crippen LogP contribution in [0.25, 0.3) is 0 Å². The largest absolute Gasteiger partial charge is 0.479 e. The molecule has 0 aliphatic carbocycles. The SMILES string of the molecule is COC(CNC(=O)NCc1ccc(Cl)s1)C(=O)O. The van der Waals surface area contributed by atoms with Gasteiger partial charge < -0.3 is 20.5 Å². The van der Waals surface area contributed by atoms with Gasteiger partial charge in [-0.25, -0.2) is 9.59 Å². The molecule has 0 saturated carbocycles. The number of amides is 2. The maximum absolute atomic E-state index is 11.4. The zero-order chi connectivity index (χ0) is 13.5. The van der Waals surface area contributed by atoms with Gasteiger partial charge in [0.25, 0.3) is 0 Å². The fourth-order valence-electron chi connectivity index (χ4n) is 1.13. The van der Waals surface area contributed by atoms with Gasteiger partial charge in [-0.05, 0) is 12.1 Å². The van der Waals surface area contributed by atoms with Crippen LogP contribution in [-0.2, 0) is 16.1 Å². The summed E-state index contributed by atoms with van der Waals surface area (Å²) in [6.07, 6.45) is -1.05. The molecule has 1 aromatic rings. The summed E-state index contributed by atoms with van der Waals surface area (Å²) in [5, 5.41) is 13.7. The predicted molar refractivity (Wildman–Crippen MR) is 68.0 cm³/mol. The Morgan fingerprint density at radius 1 is 1.50 bits per heavy atom. The zero-order valence-electron chi connectivity index (χ0n) is 9.60. The number of carboxylic acid groups (broad SMARTS) is 1. The molecule has 0 radical (unpaired) electrons. The lowest BCUT2D eigenvalue weighted by molar-refractivity contribution is -0.147. The number of thiophene rings is 1. The molecule has 100 valence electrons. The number of ether oxygens (including phenoxy) is 1. The Morgan fingerprint density at radius 2 is 2.22 bits per heavy atom. The van der Waals surface area contributed by atoms with Crippen LogP contribution in [0.1, 0.15) is 4.88 Å². The maximum atomic E-state index is 11.4. The highest BCUT2D eigenvalue weighted by atomic mass is 35.5. The number of carbonyl (C=O) groups is 2. The van der Waals surface area contributed by atoms with E-state index in [1.54, 1.807) is 6.07 Å². The van der Waals surface area contributed by atoms with Gasteiger partial charge in [0.15, 0.2) is 6.10 Å². The molecular formula is C10H13ClN2O4S. The van der Waals surface area contributed by atoms with E-state index < -0.39 is 18.1 Å². The molecule has 0 aliphatic heterocycles. The molecule has 2 amide bonds. The van der Waals surface area contributed by atoms with Crippen LogP contribution in [0.3, 0.4) is 0 Å². The summed E-state index contributed by atoms with van der Waals surface area (Å²) in [5.74, 6) is -1.12. The van der Waals surface area contributed by atoms with Gasteiger partial charge >= 0.3 is 12.0 Å². The van der Waals surface area contributed by atoms with Crippen molar-refractivity contribution in [1.29, 1.82) is 0 Å². The summed E-state index contributed by atoms with van der Waals surface area (Å²) in [6.45, 7) is 0.247. The fraction of sp³-hybridized carbons (Fsp3) is 0.400. The molecule has 6 nitrogen and oxygen atoms in total. The molecule has 8 heteroatoms. The first kappa shape index (κ1) is 14.7. The quantitative estimate of drug-likeness (QED) is 0.737. The number of urea groups is 1. The summed E-state index contributed by atoms with van der Waals surface area (Å²) < 4.78 is 5.32. The molecule has 0 fully saturated rings. The van der Waals surface area contributed by atoms with Crippen LogP contribution >= 0.6 is 22.9 Å². The number of nitrogens with one attached hydrogen (secondary N) is 2. The minimum Gasteiger partial charge on any atom is -0.479 e. The first-order valence-electron chi connectivity index (χ1n) is 5.04. The fourth-order valence-corrected chi connectivity index (χ4v) is 2.16. The van der Waals surface area contributed by atoms with E-state index in [-0.39, 0.29) is 6.54 Å². The van der Waals surface area contributed by atoms with E-state index in [0.29, 0.717) is 10.9 Å². The second-order valence-electron chi connectivity index (χ2n) is 3.33. The van der Waals surface area contributed by atoms with Crippen LogP contribution in [0, 0.1) is 0 Å². The van der Waals surface area contributed by atoms with Crippen molar-refractivity contribution in [2.24, 2.45) is 0 Å². The zero-order valence-corrected chi connectivity index (χ0v) is 11.2. The van der Waals surface area contributed by atoms with Gasteiger partial charge in [-0.2, -0.15) is 0 Å². The van der Waals surface area contributed by atoms with Crippen molar-refractivity contribution in [3.8, 4) is 0 Å². The number of carboxylic acids is 1. The average Bonchev–Trinajstić information content (AvgIpc) is 2.73. The Bertz CT molecular complexity index is 424. The van der Waals surface area contributed by atoms with E-state index in [1.807, 2.05) is 6.07 Å². The molecule has 0 bridgehead atoms. The Labute approximate surface area is 113 Å². The second kappa shape index (κ2) is 7.20. The van der Waals surface area contributed by atoms with Crippen molar-refractivity contribution in [3.05, 3.63) is 21.3 Å². The van der Waals surface area contributed by atoms with Gasteiger partial charge in [0.1, 0.15) is 0 Å². The Hall–Kier alpha value is -1.31. The third-order valence-electron chi connectivity index (χ3n) is 2.06. The van der Waals surface area contributed by atoms with Gasteiger partial charge in [0, 0.05) is 12.0 Å². The number of hydrogen-bond donors (Lipinski definition) is 3. The second-order valence-corrected chi connectivity index (χ2v) is 5.13. The average molecular weight is 293 g/mol. The summed E-state index contributed by atoms with van der Waals surface area (Å²) >= 11 is 7.11. The minimum atomic E-state index is -1.12. The molecule has 1 heterocycles. The number of rotatable bonds is 6. The van der Waals surface area contributed by atoms with Crippen molar-refractivity contribution < 1.29 is 19.4 Å². The van der Waals surface area contributed by atoms with Crippen LogP contribution in [0.5, 0.6) is 0 Å². The number of methoxy groups -OCH3 is 1. The number of halogens is 1. The molecule has 0 saturated heterocycles. The first-order chi connectivity index (χ1) is 8.52. The Kier molecular flexibility index (Phi) is 5.90. The maximum Gasteiger partial charge on any atom is 0.334 e. The summed E-state index contributed by atoms with van der Waals surface area (Å²) in [6, 6.07) is 3.09. The van der Waals surface area contributed by atoms with E-state index in [9.17, 15) is 9.59 Å². The Morgan fingerprint density at radius 3 is 2.72 bits per heavy atom. The standard InChI is InChI=1S/C10H13ClN2O4S/c1-17-7(9(14)15)5-13-10(16)12-4-6-2-3-8(11)18-6/h2-3,7H,4-5H2,1H3,(H,14,15)(H2,12,13,16). The first-order valence-corrected chi connectivity index (χ1v) is 6.24. The summed E-state index contributed by atoms with van der Waals surface area (Å²) in [4.78, 5) is 22.9. The van der Waals surface area contributed by atoms with E-state index in [2.05, 4.69) is 15.4 Å². The minimum absolute atomic E-state index is 0.0944. The van der Waals surface area contributed by atoms with Gasteiger partial charge in [-0.15, -0.1) is 11.3 Å². The number of hydrogen-bond acceptors (Lipinski definition) is 4. The van der Waals surface area contributed by atoms with E-state index in [0.717, 1.165) is 4.88 Å². The molecule has 1 rings (SSSR count). The van der Waals surface area contributed by atoms with Crippen molar-refractivity contribution in [2.45, 2.75) is 12.6 Å². The molecular weight excluding hydrogens is 280 g/mol. The third-order valence-corrected chi connectivity index (χ3v) is 3.29. The van der Waals surface area contributed by atoms with Crippen molar-refractivity contribution in [1.82, 2.24) is 10.6 Å². The predicted octanol–water partition coefficient (Wildman–Crippen LogP) is 1.30. The molecule has 0 aromatic carbocycles. The van der Waals surface area contributed by atoms with Crippen LogP contribution in [0.15, 0.2) is 12.1 Å². The summed E-state index contributed by atoms with van der Waals surface area (Å²) in [7, 11) is 1.27. The van der Waals surface area contributed by atoms with E-state index >= 15 is 0 Å². The molecule has 0 spiro atoms. The van der Waals surface area contributed by atoms with E-state index in [1.165, 1.54) is 18.4 Å². The molecule has 0 aliphatic rings. The van der Waals surface area contributed by atoms with Gasteiger partial charge in [0.2, 0.25) is 0 Å². The summed E-state index contributed by atoms with van der Waals surface area (Å²) in [5.41, 5.74) is 0. The van der Waals surface area contributed by atoms with Crippen LogP contribution < -0.4 is 10.6 Å². The van der Waals surface area contributed by atoms with Gasteiger partial charge in [-0.1, -0.05) is 11.6 Å². The van der Waals surface area contributed by atoms with Crippen molar-refractivity contribution in [3.63, 3.8) is 0 Å². The van der Waals surface area contributed by atoms with Crippen LogP contribution in [0.2, 0.25) is 4.34 Å². The van der Waals surface area contributed by atoms with Crippen molar-refractivity contribution in [2.75, 3.05) is 13.7 Å². The highest BCUT2D eigenvalue weighted by Crippen LogP contribution is 2.20. The smallest absolute Gasteiger partial charge is 0.334 e. The topological polar surface area (TPSA) is 87.7 Å². The molecule has 1 aromatic heterocycles. The Balaban J connectivity index is 2.27. The molecule has 1 atom stereocenters. The third kappa shape index (κ3) is 4.91. The van der Waals surface area contributed by atoms with Crippen LogP contribution in [-0.4, -0.2) is 36.9 Å². The highest BCUT2D eigenvalue weighted by molar-refractivity contribution is 7.16. The normalized spacial score (nSPS) is 11.9. The van der Waals surface area contributed by atoms with Gasteiger partial charge in [0.05, 0.1) is 17.4 Å².